The van der Waals surface area contributed by atoms with E-state index in [0.29, 0.717) is 18.5 Å². The Hall–Kier alpha value is -3.66. The number of Topliss-reactive ketones (excluding diaryl/α,β-unsaturated/α-hetero) is 1. The van der Waals surface area contributed by atoms with Crippen molar-refractivity contribution in [2.24, 2.45) is 5.11 Å². The van der Waals surface area contributed by atoms with Gasteiger partial charge in [-0.3, -0.25) is 4.79 Å². The summed E-state index contributed by atoms with van der Waals surface area (Å²) in [7, 11) is 1.68. The van der Waals surface area contributed by atoms with Crippen LogP contribution in [-0.4, -0.2) is 19.0 Å². The van der Waals surface area contributed by atoms with Gasteiger partial charge in [0.2, 0.25) is 0 Å². The number of hydrogen-bond donors (Lipinski definition) is 0. The van der Waals surface area contributed by atoms with Gasteiger partial charge in [-0.1, -0.05) is 95.7 Å². The number of azide groups is 1. The molecule has 5 heteroatoms. The molecule has 0 N–H and O–H groups in total. The lowest BCUT2D eigenvalue weighted by atomic mass is 9.86. The van der Waals surface area contributed by atoms with Crippen molar-refractivity contribution in [2.45, 2.75) is 25.9 Å². The number of benzene rings is 2. The van der Waals surface area contributed by atoms with Crippen LogP contribution in [0.4, 0.5) is 5.69 Å². The van der Waals surface area contributed by atoms with E-state index >= 15 is 0 Å². The van der Waals surface area contributed by atoms with Crippen LogP contribution in [0.5, 0.6) is 0 Å². The van der Waals surface area contributed by atoms with Crippen molar-refractivity contribution in [3.05, 3.63) is 111 Å². The Morgan fingerprint density at radius 3 is 1.94 bits per heavy atom. The fourth-order valence-corrected chi connectivity index (χ4v) is 3.34. The molecule has 1 saturated carbocycles. The van der Waals surface area contributed by atoms with Gasteiger partial charge in [-0.2, -0.15) is 0 Å². The minimum atomic E-state index is -0.0144. The molecule has 0 amide bonds. The molecule has 0 aromatic heterocycles. The molecule has 1 unspecified atom stereocenters. The van der Waals surface area contributed by atoms with Crippen LogP contribution in [0.3, 0.4) is 0 Å². The largest absolute Gasteiger partial charge is 0.381 e. The Kier molecular flexibility index (Phi) is 7.77. The number of ether oxygens (including phenoxy) is 1. The molecule has 1 aliphatic carbocycles. The van der Waals surface area contributed by atoms with Gasteiger partial charge in [-0.05, 0) is 23.6 Å². The Morgan fingerprint density at radius 2 is 1.45 bits per heavy atom. The number of carbonyl (C=O) groups excluding carboxylic acids is 1. The molecule has 0 heterocycles. The minimum absolute atomic E-state index is 0.0144. The SMILES string of the molecule is COC1C/C(=C\C=C\c2ccc(C)cc2)C(=O)/C(=C/C=C/c2ccc(N=[N+]=[N-])cc2)C1. The molecule has 0 saturated heterocycles. The predicted octanol–water partition coefficient (Wildman–Crippen LogP) is 6.89. The molecule has 0 bridgehead atoms. The number of nitrogens with zero attached hydrogens (tertiary/aromatic N) is 3. The van der Waals surface area contributed by atoms with Crippen LogP contribution in [0, 0.1) is 6.92 Å². The Morgan fingerprint density at radius 1 is 0.935 bits per heavy atom. The molecule has 3 rings (SSSR count). The van der Waals surface area contributed by atoms with Crippen molar-refractivity contribution in [1.82, 2.24) is 0 Å². The normalized spacial score (nSPS) is 19.4. The number of carbonyl (C=O) groups is 1. The summed E-state index contributed by atoms with van der Waals surface area (Å²) in [5, 5.41) is 3.56. The molecule has 1 fully saturated rings. The lowest BCUT2D eigenvalue weighted by Crippen LogP contribution is -2.25. The third-order valence-corrected chi connectivity index (χ3v) is 5.11. The van der Waals surface area contributed by atoms with Crippen LogP contribution in [0.1, 0.15) is 29.5 Å². The number of aryl methyl sites for hydroxylation is 1. The summed E-state index contributed by atoms with van der Waals surface area (Å²) in [5.41, 5.74) is 13.8. The molecule has 1 aliphatic rings. The van der Waals surface area contributed by atoms with E-state index in [0.717, 1.165) is 22.3 Å². The highest BCUT2D eigenvalue weighted by Crippen LogP contribution is 2.27. The molecule has 2 aromatic rings. The smallest absolute Gasteiger partial charge is 0.185 e. The highest BCUT2D eigenvalue weighted by molar-refractivity contribution is 6.09. The summed E-state index contributed by atoms with van der Waals surface area (Å²) in [4.78, 5) is 15.7. The highest BCUT2D eigenvalue weighted by atomic mass is 16.5. The van der Waals surface area contributed by atoms with E-state index in [1.807, 2.05) is 48.6 Å². The minimum Gasteiger partial charge on any atom is -0.381 e. The number of methoxy groups -OCH3 is 1. The maximum absolute atomic E-state index is 12.9. The molecule has 1 atom stereocenters. The van der Waals surface area contributed by atoms with Gasteiger partial charge >= 0.3 is 0 Å². The monoisotopic (exact) mass is 411 g/mol. The second-order valence-corrected chi connectivity index (χ2v) is 7.39. The first-order valence-electron chi connectivity index (χ1n) is 10.1. The number of allylic oxidation sites excluding steroid dienone is 4. The van der Waals surface area contributed by atoms with E-state index in [1.165, 1.54) is 5.56 Å². The summed E-state index contributed by atoms with van der Waals surface area (Å²) >= 11 is 0. The first kappa shape index (κ1) is 22.0. The van der Waals surface area contributed by atoms with Gasteiger partial charge in [-0.15, -0.1) is 0 Å². The van der Waals surface area contributed by atoms with Crippen LogP contribution >= 0.6 is 0 Å². The Bertz CT molecular complexity index is 1080. The van der Waals surface area contributed by atoms with Gasteiger partial charge < -0.3 is 4.74 Å². The zero-order chi connectivity index (χ0) is 22.1. The third-order valence-electron chi connectivity index (χ3n) is 5.11. The van der Waals surface area contributed by atoms with E-state index in [9.17, 15) is 4.79 Å². The second kappa shape index (κ2) is 10.9. The zero-order valence-electron chi connectivity index (χ0n) is 17.7. The van der Waals surface area contributed by atoms with Gasteiger partial charge in [0.15, 0.2) is 5.78 Å². The van der Waals surface area contributed by atoms with Crippen LogP contribution in [0.25, 0.3) is 22.6 Å². The van der Waals surface area contributed by atoms with Crippen molar-refractivity contribution in [1.29, 1.82) is 0 Å². The number of ketones is 1. The number of hydrogen-bond acceptors (Lipinski definition) is 3. The van der Waals surface area contributed by atoms with Crippen molar-refractivity contribution in [3.63, 3.8) is 0 Å². The standard InChI is InChI=1S/C26H25N3O2/c1-19-9-11-20(12-10-19)5-3-7-22-17-25(31-2)18-23(26(22)30)8-4-6-21-13-15-24(16-14-21)28-29-27/h3-16,25H,17-18H2,1-2H3/b5-3+,6-4+,22-7+,23-8+. The van der Waals surface area contributed by atoms with E-state index in [4.69, 9.17) is 10.3 Å². The van der Waals surface area contributed by atoms with E-state index in [2.05, 4.69) is 41.2 Å². The van der Waals surface area contributed by atoms with Crippen LogP contribution in [-0.2, 0) is 9.53 Å². The fraction of sp³-hybridized carbons (Fsp3) is 0.192. The van der Waals surface area contributed by atoms with Gasteiger partial charge in [0.05, 0.1) is 6.10 Å². The van der Waals surface area contributed by atoms with Crippen molar-refractivity contribution in [2.75, 3.05) is 7.11 Å². The molecular formula is C26H25N3O2. The molecule has 0 aliphatic heterocycles. The molecule has 0 spiro atoms. The van der Waals surface area contributed by atoms with Crippen LogP contribution < -0.4 is 0 Å². The van der Waals surface area contributed by atoms with Crippen LogP contribution in [0.2, 0.25) is 0 Å². The summed E-state index contributed by atoms with van der Waals surface area (Å²) < 4.78 is 5.56. The molecule has 31 heavy (non-hydrogen) atoms. The quantitative estimate of drug-likeness (QED) is 0.224. The maximum Gasteiger partial charge on any atom is 0.185 e. The second-order valence-electron chi connectivity index (χ2n) is 7.39. The van der Waals surface area contributed by atoms with E-state index in [1.54, 1.807) is 19.2 Å². The van der Waals surface area contributed by atoms with Gasteiger partial charge in [0.1, 0.15) is 0 Å². The Balaban J connectivity index is 1.74. The highest BCUT2D eigenvalue weighted by Gasteiger charge is 2.26. The average Bonchev–Trinajstić information content (AvgIpc) is 2.78. The van der Waals surface area contributed by atoms with E-state index < -0.39 is 0 Å². The zero-order valence-corrected chi connectivity index (χ0v) is 17.7. The molecule has 0 radical (unpaired) electrons. The van der Waals surface area contributed by atoms with Crippen LogP contribution in [0.15, 0.2) is 89.1 Å². The van der Waals surface area contributed by atoms with Crippen molar-refractivity contribution in [3.8, 4) is 0 Å². The third kappa shape index (κ3) is 6.41. The average molecular weight is 412 g/mol. The summed E-state index contributed by atoms with van der Waals surface area (Å²) in [6.45, 7) is 2.06. The van der Waals surface area contributed by atoms with Gasteiger partial charge in [-0.25, -0.2) is 0 Å². The summed E-state index contributed by atoms with van der Waals surface area (Å²) in [6, 6.07) is 15.5. The molecule has 156 valence electrons. The first-order valence-corrected chi connectivity index (χ1v) is 10.1. The van der Waals surface area contributed by atoms with Crippen molar-refractivity contribution < 1.29 is 9.53 Å². The van der Waals surface area contributed by atoms with E-state index in [-0.39, 0.29) is 11.9 Å². The lowest BCUT2D eigenvalue weighted by molar-refractivity contribution is -0.114. The Labute approximate surface area is 182 Å². The molecule has 5 nitrogen and oxygen atoms in total. The van der Waals surface area contributed by atoms with Gasteiger partial charge in [0.25, 0.3) is 0 Å². The number of rotatable bonds is 6. The van der Waals surface area contributed by atoms with Gasteiger partial charge in [0, 0.05) is 41.7 Å². The predicted molar refractivity (Wildman–Crippen MR) is 126 cm³/mol. The fourth-order valence-electron chi connectivity index (χ4n) is 3.34. The van der Waals surface area contributed by atoms with Crippen molar-refractivity contribution >= 4 is 23.6 Å². The summed E-state index contributed by atoms with van der Waals surface area (Å²) in [5.74, 6) is 0.0604. The molecule has 2 aromatic carbocycles. The first-order chi connectivity index (χ1) is 15.1. The lowest BCUT2D eigenvalue weighted by Gasteiger charge is -2.24. The topological polar surface area (TPSA) is 75.1 Å². The maximum atomic E-state index is 12.9. The molecular weight excluding hydrogens is 386 g/mol. The summed E-state index contributed by atoms with van der Waals surface area (Å²) in [6.07, 6.45) is 12.6.